The van der Waals surface area contributed by atoms with E-state index in [1.807, 2.05) is 0 Å². The van der Waals surface area contributed by atoms with Crippen molar-refractivity contribution in [2.24, 2.45) is 7.05 Å². The van der Waals surface area contributed by atoms with E-state index < -0.39 is 45.0 Å². The number of benzene rings is 1. The maximum Gasteiger partial charge on any atom is 0.417 e. The van der Waals surface area contributed by atoms with E-state index in [1.54, 1.807) is 6.92 Å². The molecule has 0 saturated carbocycles. The number of aromatic nitrogens is 6. The molecule has 0 radical (unpaired) electrons. The molecular formula is C16H13ClF3N7O2. The van der Waals surface area contributed by atoms with Gasteiger partial charge in [0.05, 0.1) is 16.1 Å². The summed E-state index contributed by atoms with van der Waals surface area (Å²) >= 11 is 6.19. The number of amides is 1. The van der Waals surface area contributed by atoms with Gasteiger partial charge in [-0.05, 0) is 23.4 Å². The lowest BCUT2D eigenvalue weighted by Crippen LogP contribution is -2.28. The van der Waals surface area contributed by atoms with Gasteiger partial charge < -0.3 is 0 Å². The van der Waals surface area contributed by atoms with Gasteiger partial charge in [0.2, 0.25) is 5.95 Å². The van der Waals surface area contributed by atoms with Gasteiger partial charge in [0, 0.05) is 19.2 Å². The van der Waals surface area contributed by atoms with Crippen molar-refractivity contribution in [3.05, 3.63) is 50.9 Å². The largest absolute Gasteiger partial charge is 0.417 e. The van der Waals surface area contributed by atoms with Gasteiger partial charge in [-0.25, -0.2) is 9.36 Å². The van der Waals surface area contributed by atoms with Crippen LogP contribution in [0.4, 0.5) is 19.1 Å². The molecule has 0 bridgehead atoms. The Morgan fingerprint density at radius 3 is 2.62 bits per heavy atom. The van der Waals surface area contributed by atoms with Gasteiger partial charge in [-0.1, -0.05) is 34.9 Å². The number of alkyl halides is 3. The summed E-state index contributed by atoms with van der Waals surface area (Å²) in [5.41, 5.74) is -3.35. The predicted molar refractivity (Wildman–Crippen MR) is 96.4 cm³/mol. The van der Waals surface area contributed by atoms with Crippen molar-refractivity contribution in [2.45, 2.75) is 19.6 Å². The molecule has 1 N–H and O–H groups in total. The number of halogens is 4. The van der Waals surface area contributed by atoms with E-state index in [-0.39, 0.29) is 5.95 Å². The first kappa shape index (κ1) is 20.5. The van der Waals surface area contributed by atoms with Crippen LogP contribution in [0.2, 0.25) is 5.02 Å². The average Bonchev–Trinajstić information content (AvgIpc) is 3.11. The lowest BCUT2D eigenvalue weighted by atomic mass is 10.00. The molecule has 1 amide bonds. The van der Waals surface area contributed by atoms with Gasteiger partial charge >= 0.3 is 6.18 Å². The monoisotopic (exact) mass is 427 g/mol. The molecule has 3 aromatic rings. The highest BCUT2D eigenvalue weighted by Crippen LogP contribution is 2.38. The van der Waals surface area contributed by atoms with Gasteiger partial charge in [-0.3, -0.25) is 14.9 Å². The lowest BCUT2D eigenvalue weighted by Gasteiger charge is -2.15. The fraction of sp³-hybridized carbons (Fsp3) is 0.250. The van der Waals surface area contributed by atoms with Gasteiger partial charge in [-0.15, -0.1) is 0 Å². The standard InChI is InChI=1S/C16H13ClF3N7O2/c1-3-27-15(22-24-25-27)21-13(28)12-11(17)10(14(29)26(2)23-12)8-6-4-5-7-9(8)16(18,19)20/h4-7H,3H2,1-2H3,(H,21,22,25,28). The van der Waals surface area contributed by atoms with Crippen LogP contribution in [0.5, 0.6) is 0 Å². The van der Waals surface area contributed by atoms with Crippen LogP contribution in [0.1, 0.15) is 23.0 Å². The third-order valence-corrected chi connectivity index (χ3v) is 4.33. The normalized spacial score (nSPS) is 11.5. The summed E-state index contributed by atoms with van der Waals surface area (Å²) in [6.07, 6.45) is -4.74. The number of tetrazole rings is 1. The fourth-order valence-electron chi connectivity index (χ4n) is 2.61. The average molecular weight is 428 g/mol. The number of aryl methyl sites for hydroxylation is 2. The predicted octanol–water partition coefficient (Wildman–Crippen LogP) is 2.38. The second-order valence-electron chi connectivity index (χ2n) is 5.78. The molecule has 0 spiro atoms. The molecule has 0 fully saturated rings. The Balaban J connectivity index is 2.16. The van der Waals surface area contributed by atoms with Crippen molar-refractivity contribution in [2.75, 3.05) is 5.32 Å². The van der Waals surface area contributed by atoms with E-state index in [1.165, 1.54) is 23.9 Å². The molecule has 0 aliphatic heterocycles. The van der Waals surface area contributed by atoms with E-state index >= 15 is 0 Å². The number of nitrogens with zero attached hydrogens (tertiary/aromatic N) is 6. The fourth-order valence-corrected chi connectivity index (χ4v) is 2.91. The zero-order valence-electron chi connectivity index (χ0n) is 15.0. The molecule has 2 aromatic heterocycles. The van der Waals surface area contributed by atoms with Crippen LogP contribution in [0.25, 0.3) is 11.1 Å². The van der Waals surface area contributed by atoms with Crippen LogP contribution < -0.4 is 10.9 Å². The van der Waals surface area contributed by atoms with Crippen molar-refractivity contribution in [3.8, 4) is 11.1 Å². The van der Waals surface area contributed by atoms with Gasteiger partial charge in [0.25, 0.3) is 11.5 Å². The van der Waals surface area contributed by atoms with E-state index in [4.69, 9.17) is 11.6 Å². The number of anilines is 1. The smallest absolute Gasteiger partial charge is 0.288 e. The third kappa shape index (κ3) is 3.83. The molecule has 0 unspecified atom stereocenters. The van der Waals surface area contributed by atoms with Crippen molar-refractivity contribution in [1.82, 2.24) is 30.0 Å². The minimum atomic E-state index is -4.74. The van der Waals surface area contributed by atoms with Crippen LogP contribution in [0, 0.1) is 0 Å². The number of carbonyl (C=O) groups excluding carboxylic acids is 1. The van der Waals surface area contributed by atoms with Crippen LogP contribution in [-0.4, -0.2) is 35.9 Å². The molecule has 0 aliphatic rings. The van der Waals surface area contributed by atoms with Gasteiger partial charge in [0.1, 0.15) is 0 Å². The molecule has 2 heterocycles. The Labute approximate surface area is 166 Å². The van der Waals surface area contributed by atoms with Crippen molar-refractivity contribution < 1.29 is 18.0 Å². The number of nitrogens with one attached hydrogen (secondary N) is 1. The molecule has 152 valence electrons. The molecule has 3 rings (SSSR count). The summed E-state index contributed by atoms with van der Waals surface area (Å²) in [6.45, 7) is 2.08. The van der Waals surface area contributed by atoms with Crippen LogP contribution in [0.15, 0.2) is 29.1 Å². The first-order valence-electron chi connectivity index (χ1n) is 8.16. The SMILES string of the molecule is CCn1nnnc1NC(=O)c1nn(C)c(=O)c(-c2ccccc2C(F)(F)F)c1Cl. The summed E-state index contributed by atoms with van der Waals surface area (Å²) in [5, 5.41) is 16.3. The van der Waals surface area contributed by atoms with E-state index in [0.29, 0.717) is 6.54 Å². The topological polar surface area (TPSA) is 108 Å². The highest BCUT2D eigenvalue weighted by molar-refractivity contribution is 6.36. The van der Waals surface area contributed by atoms with E-state index in [0.717, 1.165) is 16.8 Å². The Bertz CT molecular complexity index is 1140. The second-order valence-corrected chi connectivity index (χ2v) is 6.16. The summed E-state index contributed by atoms with van der Waals surface area (Å²) in [6, 6.07) is 4.44. The molecule has 9 nitrogen and oxygen atoms in total. The quantitative estimate of drug-likeness (QED) is 0.685. The summed E-state index contributed by atoms with van der Waals surface area (Å²) in [4.78, 5) is 25.2. The first-order valence-corrected chi connectivity index (χ1v) is 8.53. The zero-order chi connectivity index (χ0) is 21.3. The first-order chi connectivity index (χ1) is 13.6. The minimum absolute atomic E-state index is 0.0125. The molecule has 0 saturated heterocycles. The molecule has 0 atom stereocenters. The number of hydrogen-bond acceptors (Lipinski definition) is 6. The van der Waals surface area contributed by atoms with Crippen LogP contribution >= 0.6 is 11.6 Å². The Hall–Kier alpha value is -3.28. The summed E-state index contributed by atoms with van der Waals surface area (Å²) < 4.78 is 42.3. The molecule has 1 aromatic carbocycles. The Kier molecular flexibility index (Phi) is 5.38. The van der Waals surface area contributed by atoms with Crippen LogP contribution in [0.3, 0.4) is 0 Å². The van der Waals surface area contributed by atoms with Crippen molar-refractivity contribution in [1.29, 1.82) is 0 Å². The minimum Gasteiger partial charge on any atom is -0.288 e. The maximum atomic E-state index is 13.4. The molecule has 0 aliphatic carbocycles. The van der Waals surface area contributed by atoms with Gasteiger partial charge in [0.15, 0.2) is 5.69 Å². The lowest BCUT2D eigenvalue weighted by molar-refractivity contribution is -0.137. The van der Waals surface area contributed by atoms with E-state index in [9.17, 15) is 22.8 Å². The van der Waals surface area contributed by atoms with Crippen molar-refractivity contribution in [3.63, 3.8) is 0 Å². The van der Waals surface area contributed by atoms with E-state index in [2.05, 4.69) is 25.9 Å². The second kappa shape index (κ2) is 7.62. The zero-order valence-corrected chi connectivity index (χ0v) is 15.8. The number of rotatable bonds is 4. The van der Waals surface area contributed by atoms with Gasteiger partial charge in [-0.2, -0.15) is 18.3 Å². The van der Waals surface area contributed by atoms with Crippen molar-refractivity contribution >= 4 is 23.5 Å². The number of hydrogen-bond donors (Lipinski definition) is 1. The maximum absolute atomic E-state index is 13.4. The Morgan fingerprint density at radius 2 is 1.97 bits per heavy atom. The third-order valence-electron chi connectivity index (χ3n) is 3.96. The Morgan fingerprint density at radius 1 is 1.28 bits per heavy atom. The molecular weight excluding hydrogens is 415 g/mol. The summed E-state index contributed by atoms with van der Waals surface area (Å²) in [7, 11) is 1.20. The summed E-state index contributed by atoms with van der Waals surface area (Å²) in [5.74, 6) is -0.901. The molecule has 13 heteroatoms. The highest BCUT2D eigenvalue weighted by Gasteiger charge is 2.35. The van der Waals surface area contributed by atoms with Crippen LogP contribution in [-0.2, 0) is 19.8 Å². The molecule has 29 heavy (non-hydrogen) atoms. The number of carbonyl (C=O) groups is 1. The highest BCUT2D eigenvalue weighted by atomic mass is 35.5.